The predicted molar refractivity (Wildman–Crippen MR) is 101 cm³/mol. The van der Waals surface area contributed by atoms with Crippen molar-refractivity contribution < 1.29 is 19.1 Å². The third-order valence-corrected chi connectivity index (χ3v) is 4.73. The Balaban J connectivity index is 1.92. The van der Waals surface area contributed by atoms with E-state index in [1.807, 2.05) is 50.2 Å². The van der Waals surface area contributed by atoms with Crippen LogP contribution in [0, 0.1) is 0 Å². The zero-order valence-electron chi connectivity index (χ0n) is 16.4. The molecular weight excluding hydrogens is 348 g/mol. The molecule has 0 aromatic heterocycles. The average Bonchev–Trinajstić information content (AvgIpc) is 2.66. The van der Waals surface area contributed by atoms with E-state index in [2.05, 4.69) is 5.32 Å². The first-order valence-corrected chi connectivity index (χ1v) is 9.02. The van der Waals surface area contributed by atoms with Gasteiger partial charge in [-0.3, -0.25) is 14.4 Å². The number of nitrogens with one attached hydrogen (secondary N) is 1. The maximum Gasteiger partial charge on any atom is 0.312 e. The van der Waals surface area contributed by atoms with Gasteiger partial charge in [0.05, 0.1) is 13.2 Å². The second kappa shape index (κ2) is 9.36. The number of likely N-dealkylation sites (N-methyl/N-ethyl adjacent to an activating group) is 2. The Labute approximate surface area is 160 Å². The van der Waals surface area contributed by atoms with Gasteiger partial charge >= 0.3 is 11.8 Å². The number of methoxy groups -OCH3 is 1. The SMILES string of the molecule is CCN1CCN(CC(=O)NCC(c2ccc(OC)cc2)N(C)C)C(=O)C1=O. The van der Waals surface area contributed by atoms with Crippen molar-refractivity contribution in [3.05, 3.63) is 29.8 Å². The van der Waals surface area contributed by atoms with E-state index >= 15 is 0 Å². The predicted octanol–water partition coefficient (Wildman–Crippen LogP) is 0.105. The van der Waals surface area contributed by atoms with Crippen LogP contribution in [0.4, 0.5) is 0 Å². The summed E-state index contributed by atoms with van der Waals surface area (Å²) in [5.74, 6) is -0.658. The molecule has 2 rings (SSSR count). The first-order valence-electron chi connectivity index (χ1n) is 9.02. The fraction of sp³-hybridized carbons (Fsp3) is 0.526. The molecule has 8 nitrogen and oxygen atoms in total. The number of hydrogen-bond donors (Lipinski definition) is 1. The van der Waals surface area contributed by atoms with Crippen LogP contribution in [-0.4, -0.2) is 86.4 Å². The molecule has 1 aliphatic heterocycles. The largest absolute Gasteiger partial charge is 0.497 e. The molecular formula is C19H28N4O4. The Hall–Kier alpha value is -2.61. The normalized spacial score (nSPS) is 15.9. The van der Waals surface area contributed by atoms with E-state index in [1.54, 1.807) is 7.11 Å². The van der Waals surface area contributed by atoms with Gasteiger partial charge in [-0.05, 0) is 38.7 Å². The lowest BCUT2D eigenvalue weighted by Crippen LogP contribution is -2.56. The topological polar surface area (TPSA) is 82.2 Å². The van der Waals surface area contributed by atoms with Gasteiger partial charge in [-0.2, -0.15) is 0 Å². The monoisotopic (exact) mass is 376 g/mol. The molecule has 8 heteroatoms. The zero-order chi connectivity index (χ0) is 20.0. The van der Waals surface area contributed by atoms with Crippen LogP contribution < -0.4 is 10.1 Å². The summed E-state index contributed by atoms with van der Waals surface area (Å²) in [5, 5.41) is 2.87. The maximum absolute atomic E-state index is 12.3. The Kier molecular flexibility index (Phi) is 7.18. The van der Waals surface area contributed by atoms with Crippen molar-refractivity contribution in [1.29, 1.82) is 0 Å². The van der Waals surface area contributed by atoms with Gasteiger partial charge in [0, 0.05) is 26.2 Å². The number of piperazine rings is 1. The molecule has 1 fully saturated rings. The number of benzene rings is 1. The zero-order valence-corrected chi connectivity index (χ0v) is 16.4. The summed E-state index contributed by atoms with van der Waals surface area (Å²) < 4.78 is 5.17. The molecule has 1 heterocycles. The van der Waals surface area contributed by atoms with Crippen LogP contribution in [0.5, 0.6) is 5.75 Å². The van der Waals surface area contributed by atoms with Crippen molar-refractivity contribution in [2.45, 2.75) is 13.0 Å². The van der Waals surface area contributed by atoms with E-state index < -0.39 is 11.8 Å². The second-order valence-electron chi connectivity index (χ2n) is 6.67. The van der Waals surface area contributed by atoms with Crippen molar-refractivity contribution in [2.24, 2.45) is 0 Å². The van der Waals surface area contributed by atoms with Crippen molar-refractivity contribution in [3.63, 3.8) is 0 Å². The van der Waals surface area contributed by atoms with Gasteiger partial charge in [-0.15, -0.1) is 0 Å². The molecule has 1 aromatic rings. The molecule has 3 amide bonds. The van der Waals surface area contributed by atoms with Gasteiger partial charge in [0.15, 0.2) is 0 Å². The summed E-state index contributed by atoms with van der Waals surface area (Å²) >= 11 is 0. The summed E-state index contributed by atoms with van der Waals surface area (Å²) in [6, 6.07) is 7.66. The fourth-order valence-corrected chi connectivity index (χ4v) is 3.03. The van der Waals surface area contributed by atoms with E-state index in [-0.39, 0.29) is 18.5 Å². The lowest BCUT2D eigenvalue weighted by molar-refractivity contribution is -0.156. The Morgan fingerprint density at radius 2 is 1.74 bits per heavy atom. The number of hydrogen-bond acceptors (Lipinski definition) is 5. The number of ether oxygens (including phenoxy) is 1. The number of carbonyl (C=O) groups is 3. The van der Waals surface area contributed by atoms with Crippen LogP contribution >= 0.6 is 0 Å². The van der Waals surface area contributed by atoms with Crippen LogP contribution in [0.25, 0.3) is 0 Å². The summed E-state index contributed by atoms with van der Waals surface area (Å²) in [5.41, 5.74) is 1.05. The molecule has 0 radical (unpaired) electrons. The summed E-state index contributed by atoms with van der Waals surface area (Å²) in [7, 11) is 5.49. The van der Waals surface area contributed by atoms with E-state index in [1.165, 1.54) is 9.80 Å². The second-order valence-corrected chi connectivity index (χ2v) is 6.67. The number of rotatable bonds is 8. The highest BCUT2D eigenvalue weighted by molar-refractivity contribution is 6.35. The third-order valence-electron chi connectivity index (χ3n) is 4.73. The molecule has 0 bridgehead atoms. The van der Waals surface area contributed by atoms with E-state index in [9.17, 15) is 14.4 Å². The molecule has 1 aromatic carbocycles. The quantitative estimate of drug-likeness (QED) is 0.651. The van der Waals surface area contributed by atoms with Crippen LogP contribution in [0.1, 0.15) is 18.5 Å². The van der Waals surface area contributed by atoms with Gasteiger partial charge in [-0.1, -0.05) is 12.1 Å². The highest BCUT2D eigenvalue weighted by atomic mass is 16.5. The van der Waals surface area contributed by atoms with E-state index in [0.717, 1.165) is 11.3 Å². The molecule has 27 heavy (non-hydrogen) atoms. The standard InChI is InChI=1S/C19H28N4O4/c1-5-22-10-11-23(19(26)18(22)25)13-17(24)20-12-16(21(2)3)14-6-8-15(27-4)9-7-14/h6-9,16H,5,10-13H2,1-4H3,(H,20,24). The molecule has 1 atom stereocenters. The average molecular weight is 376 g/mol. The molecule has 1 aliphatic rings. The van der Waals surface area contributed by atoms with Gasteiger partial charge in [0.25, 0.3) is 0 Å². The van der Waals surface area contributed by atoms with Crippen LogP contribution in [-0.2, 0) is 14.4 Å². The highest BCUT2D eigenvalue weighted by Gasteiger charge is 2.32. The van der Waals surface area contributed by atoms with Crippen LogP contribution in [0.15, 0.2) is 24.3 Å². The Morgan fingerprint density at radius 3 is 2.30 bits per heavy atom. The van der Waals surface area contributed by atoms with E-state index in [0.29, 0.717) is 26.2 Å². The summed E-state index contributed by atoms with van der Waals surface area (Å²) in [6.07, 6.45) is 0. The summed E-state index contributed by atoms with van der Waals surface area (Å²) in [4.78, 5) is 41.1. The van der Waals surface area contributed by atoms with Crippen molar-refractivity contribution in [3.8, 4) is 5.75 Å². The molecule has 1 unspecified atom stereocenters. The molecule has 0 aliphatic carbocycles. The first kappa shape index (κ1) is 20.7. The molecule has 1 saturated heterocycles. The minimum Gasteiger partial charge on any atom is -0.497 e. The lowest BCUT2D eigenvalue weighted by Gasteiger charge is -2.33. The van der Waals surface area contributed by atoms with Gasteiger partial charge < -0.3 is 24.8 Å². The van der Waals surface area contributed by atoms with Crippen molar-refractivity contribution in [1.82, 2.24) is 20.0 Å². The first-order chi connectivity index (χ1) is 12.9. The Morgan fingerprint density at radius 1 is 1.15 bits per heavy atom. The molecule has 0 saturated carbocycles. The third kappa shape index (κ3) is 5.19. The minimum absolute atomic E-state index is 0.0193. The smallest absolute Gasteiger partial charge is 0.312 e. The summed E-state index contributed by atoms with van der Waals surface area (Å²) in [6.45, 7) is 3.45. The van der Waals surface area contributed by atoms with Crippen LogP contribution in [0.2, 0.25) is 0 Å². The van der Waals surface area contributed by atoms with Crippen molar-refractivity contribution >= 4 is 17.7 Å². The van der Waals surface area contributed by atoms with E-state index in [4.69, 9.17) is 4.74 Å². The maximum atomic E-state index is 12.3. The lowest BCUT2D eigenvalue weighted by atomic mass is 10.1. The minimum atomic E-state index is -0.613. The van der Waals surface area contributed by atoms with Crippen LogP contribution in [0.3, 0.4) is 0 Å². The Bertz CT molecular complexity index is 675. The molecule has 0 spiro atoms. The van der Waals surface area contributed by atoms with Gasteiger partial charge in [-0.25, -0.2) is 0 Å². The number of nitrogens with zero attached hydrogens (tertiary/aromatic N) is 3. The molecule has 1 N–H and O–H groups in total. The number of amides is 3. The fourth-order valence-electron chi connectivity index (χ4n) is 3.03. The highest BCUT2D eigenvalue weighted by Crippen LogP contribution is 2.20. The molecule has 148 valence electrons. The number of carbonyl (C=O) groups excluding carboxylic acids is 3. The van der Waals surface area contributed by atoms with Gasteiger partial charge in [0.2, 0.25) is 5.91 Å². The van der Waals surface area contributed by atoms with Crippen molar-refractivity contribution in [2.75, 3.05) is 53.9 Å². The van der Waals surface area contributed by atoms with Gasteiger partial charge in [0.1, 0.15) is 12.3 Å².